The molecule has 4 rings (SSSR count). The second-order valence-electron chi connectivity index (χ2n) is 6.73. The number of likely N-dealkylation sites (tertiary alicyclic amines) is 1. The van der Waals surface area contributed by atoms with E-state index in [1.165, 1.54) is 11.8 Å². The highest BCUT2D eigenvalue weighted by Gasteiger charge is 2.47. The number of carbonyl (C=O) groups is 2. The lowest BCUT2D eigenvalue weighted by Gasteiger charge is -2.23. The average molecular weight is 337 g/mol. The Balaban J connectivity index is 1.59. The van der Waals surface area contributed by atoms with Gasteiger partial charge in [0.05, 0.1) is 12.4 Å². The summed E-state index contributed by atoms with van der Waals surface area (Å²) >= 11 is 0. The van der Waals surface area contributed by atoms with E-state index in [2.05, 4.69) is 22.1 Å². The summed E-state index contributed by atoms with van der Waals surface area (Å²) in [6, 6.07) is 10.6. The van der Waals surface area contributed by atoms with Gasteiger partial charge in [-0.15, -0.1) is 0 Å². The first-order valence-electron chi connectivity index (χ1n) is 8.56. The molecule has 1 N–H and O–H groups in total. The van der Waals surface area contributed by atoms with Gasteiger partial charge in [0.15, 0.2) is 5.69 Å². The second kappa shape index (κ2) is 6.27. The number of carboxylic acids is 1. The van der Waals surface area contributed by atoms with Crippen molar-refractivity contribution < 1.29 is 14.7 Å². The first-order valence-corrected chi connectivity index (χ1v) is 8.56. The number of aromatic nitrogens is 2. The zero-order valence-electron chi connectivity index (χ0n) is 13.7. The van der Waals surface area contributed by atoms with E-state index in [4.69, 9.17) is 5.11 Å². The molecule has 25 heavy (non-hydrogen) atoms. The maximum atomic E-state index is 12.9. The maximum absolute atomic E-state index is 12.9. The molecule has 1 saturated heterocycles. The number of carbonyl (C=O) groups excluding carboxylic acids is 1. The molecule has 1 amide bonds. The third-order valence-electron chi connectivity index (χ3n) is 5.42. The van der Waals surface area contributed by atoms with Crippen molar-refractivity contribution in [2.75, 3.05) is 6.54 Å². The van der Waals surface area contributed by atoms with Crippen molar-refractivity contribution >= 4 is 11.9 Å². The van der Waals surface area contributed by atoms with E-state index in [0.29, 0.717) is 18.4 Å². The Hall–Kier alpha value is -2.76. The van der Waals surface area contributed by atoms with Gasteiger partial charge in [-0.25, -0.2) is 14.8 Å². The molecule has 1 aliphatic heterocycles. The summed E-state index contributed by atoms with van der Waals surface area (Å²) in [5, 5.41) is 8.91. The molecule has 6 nitrogen and oxygen atoms in total. The predicted octanol–water partition coefficient (Wildman–Crippen LogP) is 2.58. The van der Waals surface area contributed by atoms with Gasteiger partial charge >= 0.3 is 5.97 Å². The fourth-order valence-electron chi connectivity index (χ4n) is 4.29. The van der Waals surface area contributed by atoms with Crippen molar-refractivity contribution in [2.45, 2.75) is 31.2 Å². The van der Waals surface area contributed by atoms with Crippen molar-refractivity contribution in [2.24, 2.45) is 5.92 Å². The highest BCUT2D eigenvalue weighted by atomic mass is 16.4. The lowest BCUT2D eigenvalue weighted by atomic mass is 9.87. The molecule has 2 aliphatic rings. The van der Waals surface area contributed by atoms with Crippen molar-refractivity contribution in [1.29, 1.82) is 0 Å². The van der Waals surface area contributed by atoms with Crippen LogP contribution in [0.4, 0.5) is 0 Å². The first kappa shape index (κ1) is 15.7. The molecule has 2 fully saturated rings. The van der Waals surface area contributed by atoms with Crippen LogP contribution in [-0.2, 0) is 0 Å². The number of nitrogens with zero attached hydrogens (tertiary/aromatic N) is 3. The van der Waals surface area contributed by atoms with Crippen molar-refractivity contribution in [3.63, 3.8) is 0 Å². The summed E-state index contributed by atoms with van der Waals surface area (Å²) in [4.78, 5) is 33.6. The molecule has 0 spiro atoms. The number of hydrogen-bond acceptors (Lipinski definition) is 4. The number of hydrogen-bond donors (Lipinski definition) is 1. The van der Waals surface area contributed by atoms with Gasteiger partial charge in [0.2, 0.25) is 0 Å². The third-order valence-corrected chi connectivity index (χ3v) is 5.42. The van der Waals surface area contributed by atoms with Crippen LogP contribution in [0, 0.1) is 5.92 Å². The van der Waals surface area contributed by atoms with E-state index in [-0.39, 0.29) is 23.3 Å². The maximum Gasteiger partial charge on any atom is 0.356 e. The minimum atomic E-state index is -1.15. The molecule has 0 bridgehead atoms. The fraction of sp³-hybridized carbons (Fsp3) is 0.368. The second-order valence-corrected chi connectivity index (χ2v) is 6.73. The van der Waals surface area contributed by atoms with E-state index >= 15 is 0 Å². The van der Waals surface area contributed by atoms with Crippen molar-refractivity contribution in [3.05, 3.63) is 59.7 Å². The van der Waals surface area contributed by atoms with E-state index in [1.807, 2.05) is 23.1 Å². The molecule has 128 valence electrons. The Labute approximate surface area is 145 Å². The topological polar surface area (TPSA) is 83.4 Å². The van der Waals surface area contributed by atoms with Gasteiger partial charge in [-0.2, -0.15) is 0 Å². The fourth-order valence-corrected chi connectivity index (χ4v) is 4.29. The van der Waals surface area contributed by atoms with E-state index in [0.717, 1.165) is 25.5 Å². The SMILES string of the molecule is O=C(O)c1cnc(C(=O)N2CC(c3ccccc3)C3CCCC32)cn1. The molecule has 2 aromatic rings. The Bertz CT molecular complexity index is 791. The molecule has 1 aromatic heterocycles. The van der Waals surface area contributed by atoms with Gasteiger partial charge < -0.3 is 10.0 Å². The highest BCUT2D eigenvalue weighted by molar-refractivity contribution is 5.93. The summed E-state index contributed by atoms with van der Waals surface area (Å²) in [7, 11) is 0. The number of rotatable bonds is 3. The van der Waals surface area contributed by atoms with Gasteiger partial charge in [0.1, 0.15) is 5.69 Å². The smallest absolute Gasteiger partial charge is 0.356 e. The standard InChI is InChI=1S/C19H19N3O3/c23-18(15-9-21-16(10-20-15)19(24)25)22-11-14(12-5-2-1-3-6-12)13-7-4-8-17(13)22/h1-3,5-6,9-10,13-14,17H,4,7-8,11H2,(H,24,25). The van der Waals surface area contributed by atoms with Gasteiger partial charge in [-0.1, -0.05) is 36.8 Å². The molecule has 3 atom stereocenters. The van der Waals surface area contributed by atoms with Crippen LogP contribution in [0.3, 0.4) is 0 Å². The Kier molecular flexibility index (Phi) is 3.95. The van der Waals surface area contributed by atoms with Crippen LogP contribution in [0.15, 0.2) is 42.7 Å². The van der Waals surface area contributed by atoms with Crippen LogP contribution in [-0.4, -0.2) is 44.4 Å². The van der Waals surface area contributed by atoms with Crippen LogP contribution in [0.1, 0.15) is 51.7 Å². The molecule has 0 radical (unpaired) electrons. The zero-order valence-corrected chi connectivity index (χ0v) is 13.7. The van der Waals surface area contributed by atoms with E-state index in [1.54, 1.807) is 0 Å². The third kappa shape index (κ3) is 2.77. The molecule has 3 unspecified atom stereocenters. The minimum absolute atomic E-state index is 0.153. The van der Waals surface area contributed by atoms with Crippen LogP contribution >= 0.6 is 0 Å². The summed E-state index contributed by atoms with van der Waals surface area (Å²) in [6.07, 6.45) is 5.70. The molecule has 1 aromatic carbocycles. The summed E-state index contributed by atoms with van der Waals surface area (Å²) in [6.45, 7) is 0.681. The quantitative estimate of drug-likeness (QED) is 0.931. The number of fused-ring (bicyclic) bond motifs is 1. The first-order chi connectivity index (χ1) is 12.1. The van der Waals surface area contributed by atoms with Gasteiger partial charge in [-0.05, 0) is 24.3 Å². The predicted molar refractivity (Wildman–Crippen MR) is 90.3 cm³/mol. The summed E-state index contributed by atoms with van der Waals surface area (Å²) in [5.41, 5.74) is 1.34. The monoisotopic (exact) mass is 337 g/mol. The highest BCUT2D eigenvalue weighted by Crippen LogP contribution is 2.46. The Morgan fingerprint density at radius 3 is 2.44 bits per heavy atom. The lowest BCUT2D eigenvalue weighted by molar-refractivity contribution is 0.0682. The zero-order chi connectivity index (χ0) is 17.4. The van der Waals surface area contributed by atoms with Crippen LogP contribution in [0.5, 0.6) is 0 Å². The summed E-state index contributed by atoms with van der Waals surface area (Å²) in [5.74, 6) is -0.464. The van der Waals surface area contributed by atoms with Gasteiger partial charge in [-0.3, -0.25) is 4.79 Å². The minimum Gasteiger partial charge on any atom is -0.476 e. The molecule has 1 saturated carbocycles. The Morgan fingerprint density at radius 1 is 1.04 bits per heavy atom. The van der Waals surface area contributed by atoms with Gasteiger partial charge in [0.25, 0.3) is 5.91 Å². The van der Waals surface area contributed by atoms with E-state index in [9.17, 15) is 9.59 Å². The van der Waals surface area contributed by atoms with Crippen LogP contribution in [0.25, 0.3) is 0 Å². The largest absolute Gasteiger partial charge is 0.476 e. The lowest BCUT2D eigenvalue weighted by Crippen LogP contribution is -2.36. The van der Waals surface area contributed by atoms with Crippen LogP contribution < -0.4 is 0 Å². The molecule has 2 heterocycles. The van der Waals surface area contributed by atoms with Crippen molar-refractivity contribution in [1.82, 2.24) is 14.9 Å². The number of amides is 1. The molecular weight excluding hydrogens is 318 g/mol. The number of benzene rings is 1. The molecular formula is C19H19N3O3. The van der Waals surface area contributed by atoms with E-state index < -0.39 is 5.97 Å². The Morgan fingerprint density at radius 2 is 1.76 bits per heavy atom. The number of aromatic carboxylic acids is 1. The number of carboxylic acid groups (broad SMARTS) is 1. The van der Waals surface area contributed by atoms with Crippen LogP contribution in [0.2, 0.25) is 0 Å². The summed E-state index contributed by atoms with van der Waals surface area (Å²) < 4.78 is 0. The van der Waals surface area contributed by atoms with Crippen molar-refractivity contribution in [3.8, 4) is 0 Å². The normalized spacial score (nSPS) is 25.0. The molecule has 1 aliphatic carbocycles. The van der Waals surface area contributed by atoms with Gasteiger partial charge in [0, 0.05) is 18.5 Å². The average Bonchev–Trinajstić information content (AvgIpc) is 3.24. The molecule has 6 heteroatoms.